The molecule has 0 radical (unpaired) electrons. The Morgan fingerprint density at radius 3 is 2.94 bits per heavy atom. The van der Waals surface area contributed by atoms with Crippen molar-refractivity contribution in [3.05, 3.63) is 34.8 Å². The maximum atomic E-state index is 11.7. The van der Waals surface area contributed by atoms with Crippen molar-refractivity contribution in [3.63, 3.8) is 0 Å². The second kappa shape index (κ2) is 5.87. The van der Waals surface area contributed by atoms with Crippen LogP contribution in [-0.2, 0) is 6.54 Å². The van der Waals surface area contributed by atoms with Crippen LogP contribution in [0, 0.1) is 0 Å². The van der Waals surface area contributed by atoms with Gasteiger partial charge in [-0.25, -0.2) is 4.79 Å². The molecule has 98 valence electrons. The van der Waals surface area contributed by atoms with Crippen LogP contribution < -0.4 is 11.1 Å². The van der Waals surface area contributed by atoms with Gasteiger partial charge in [-0.15, -0.1) is 0 Å². The van der Waals surface area contributed by atoms with E-state index in [1.807, 2.05) is 24.3 Å². The highest BCUT2D eigenvalue weighted by atomic mass is 16.4. The fourth-order valence-corrected chi connectivity index (χ4v) is 2.04. The second-order valence-corrected chi connectivity index (χ2v) is 4.63. The molecule has 2 aromatic rings. The van der Waals surface area contributed by atoms with Crippen LogP contribution in [0.1, 0.15) is 26.7 Å². The third-order valence-electron chi connectivity index (χ3n) is 3.10. The fraction of sp³-hybridized carbons (Fsp3) is 0.500. The van der Waals surface area contributed by atoms with E-state index < -0.39 is 0 Å². The molecular weight excluding hydrogens is 228 g/mol. The molecule has 0 saturated carbocycles. The van der Waals surface area contributed by atoms with Gasteiger partial charge in [0, 0.05) is 12.6 Å². The molecule has 1 atom stereocenters. The van der Waals surface area contributed by atoms with Crippen molar-refractivity contribution in [3.8, 4) is 0 Å². The minimum atomic E-state index is -0.265. The SMILES string of the molecule is CCCNC(C)CCn1c(=O)oc2ccccc21. The van der Waals surface area contributed by atoms with Gasteiger partial charge in [-0.1, -0.05) is 19.1 Å². The summed E-state index contributed by atoms with van der Waals surface area (Å²) in [6, 6.07) is 7.95. The van der Waals surface area contributed by atoms with E-state index in [4.69, 9.17) is 4.42 Å². The van der Waals surface area contributed by atoms with Gasteiger partial charge in [-0.3, -0.25) is 4.57 Å². The first kappa shape index (κ1) is 12.9. The van der Waals surface area contributed by atoms with Gasteiger partial charge in [0.15, 0.2) is 5.58 Å². The van der Waals surface area contributed by atoms with Crippen LogP contribution in [0.15, 0.2) is 33.5 Å². The zero-order chi connectivity index (χ0) is 13.0. The van der Waals surface area contributed by atoms with E-state index in [2.05, 4.69) is 19.2 Å². The van der Waals surface area contributed by atoms with Crippen molar-refractivity contribution in [1.29, 1.82) is 0 Å². The number of aromatic nitrogens is 1. The summed E-state index contributed by atoms with van der Waals surface area (Å²) in [5.74, 6) is -0.265. The highest BCUT2D eigenvalue weighted by Crippen LogP contribution is 2.12. The Hall–Kier alpha value is -1.55. The van der Waals surface area contributed by atoms with E-state index in [1.54, 1.807) is 4.57 Å². The summed E-state index contributed by atoms with van der Waals surface area (Å²) in [4.78, 5) is 11.7. The number of rotatable bonds is 6. The second-order valence-electron chi connectivity index (χ2n) is 4.63. The number of nitrogens with one attached hydrogen (secondary N) is 1. The Kier molecular flexibility index (Phi) is 4.20. The number of oxazole rings is 1. The average Bonchev–Trinajstić information content (AvgIpc) is 2.69. The van der Waals surface area contributed by atoms with Crippen LogP contribution in [0.4, 0.5) is 0 Å². The Morgan fingerprint density at radius 2 is 2.17 bits per heavy atom. The quantitative estimate of drug-likeness (QED) is 0.853. The van der Waals surface area contributed by atoms with Crippen LogP contribution in [-0.4, -0.2) is 17.2 Å². The highest BCUT2D eigenvalue weighted by Gasteiger charge is 2.09. The first-order valence-corrected chi connectivity index (χ1v) is 6.54. The molecule has 1 N–H and O–H groups in total. The Morgan fingerprint density at radius 1 is 1.39 bits per heavy atom. The standard InChI is InChI=1S/C14H20N2O2/c1-3-9-15-11(2)8-10-16-12-6-4-5-7-13(12)18-14(16)17/h4-7,11,15H,3,8-10H2,1-2H3. The maximum absolute atomic E-state index is 11.7. The molecule has 4 nitrogen and oxygen atoms in total. The monoisotopic (exact) mass is 248 g/mol. The number of nitrogens with zero attached hydrogens (tertiary/aromatic N) is 1. The number of fused-ring (bicyclic) bond motifs is 1. The molecule has 0 aliphatic rings. The van der Waals surface area contributed by atoms with Crippen LogP contribution in [0.2, 0.25) is 0 Å². The topological polar surface area (TPSA) is 47.2 Å². The molecule has 2 rings (SSSR count). The molecule has 0 aliphatic carbocycles. The summed E-state index contributed by atoms with van der Waals surface area (Å²) in [6.07, 6.45) is 2.04. The van der Waals surface area contributed by atoms with Crippen LogP contribution in [0.25, 0.3) is 11.1 Å². The van der Waals surface area contributed by atoms with Crippen molar-refractivity contribution in [2.75, 3.05) is 6.54 Å². The molecule has 0 bridgehead atoms. The smallest absolute Gasteiger partial charge is 0.408 e. The Balaban J connectivity index is 2.07. The minimum Gasteiger partial charge on any atom is -0.408 e. The Bertz CT molecular complexity index is 556. The van der Waals surface area contributed by atoms with E-state index in [9.17, 15) is 4.79 Å². The third kappa shape index (κ3) is 2.82. The summed E-state index contributed by atoms with van der Waals surface area (Å²) < 4.78 is 6.91. The van der Waals surface area contributed by atoms with Crippen LogP contribution >= 0.6 is 0 Å². The third-order valence-corrected chi connectivity index (χ3v) is 3.10. The predicted molar refractivity (Wildman–Crippen MR) is 72.8 cm³/mol. The van der Waals surface area contributed by atoms with Crippen molar-refractivity contribution in [2.45, 2.75) is 39.3 Å². The van der Waals surface area contributed by atoms with E-state index in [-0.39, 0.29) is 5.76 Å². The molecule has 0 fully saturated rings. The van der Waals surface area contributed by atoms with Gasteiger partial charge in [0.05, 0.1) is 5.52 Å². The maximum Gasteiger partial charge on any atom is 0.419 e. The van der Waals surface area contributed by atoms with Crippen molar-refractivity contribution in [2.24, 2.45) is 0 Å². The summed E-state index contributed by atoms with van der Waals surface area (Å²) in [5.41, 5.74) is 1.54. The zero-order valence-corrected chi connectivity index (χ0v) is 11.0. The van der Waals surface area contributed by atoms with E-state index in [1.165, 1.54) is 0 Å². The highest BCUT2D eigenvalue weighted by molar-refractivity contribution is 5.72. The van der Waals surface area contributed by atoms with Crippen LogP contribution in [0.3, 0.4) is 0 Å². The summed E-state index contributed by atoms with van der Waals surface area (Å²) in [6.45, 7) is 5.99. The zero-order valence-electron chi connectivity index (χ0n) is 11.0. The Labute approximate surface area is 107 Å². The van der Waals surface area contributed by atoms with Gasteiger partial charge in [-0.2, -0.15) is 0 Å². The average molecular weight is 248 g/mol. The van der Waals surface area contributed by atoms with Gasteiger partial charge in [-0.05, 0) is 38.4 Å². The lowest BCUT2D eigenvalue weighted by molar-refractivity contribution is 0.449. The molecule has 1 heterocycles. The molecule has 1 aromatic carbocycles. The molecule has 0 aliphatic heterocycles. The lowest BCUT2D eigenvalue weighted by atomic mass is 10.2. The van der Waals surface area contributed by atoms with Gasteiger partial charge >= 0.3 is 5.76 Å². The molecule has 0 saturated heterocycles. The van der Waals surface area contributed by atoms with Gasteiger partial charge < -0.3 is 9.73 Å². The first-order valence-electron chi connectivity index (χ1n) is 6.54. The van der Waals surface area contributed by atoms with Gasteiger partial charge in [0.1, 0.15) is 0 Å². The van der Waals surface area contributed by atoms with Gasteiger partial charge in [0.25, 0.3) is 0 Å². The molecular formula is C14H20N2O2. The van der Waals surface area contributed by atoms with Crippen molar-refractivity contribution in [1.82, 2.24) is 9.88 Å². The number of hydrogen-bond acceptors (Lipinski definition) is 3. The number of hydrogen-bond donors (Lipinski definition) is 1. The summed E-state index contributed by atoms with van der Waals surface area (Å²) in [5, 5.41) is 3.42. The number of para-hydroxylation sites is 2. The van der Waals surface area contributed by atoms with Crippen LogP contribution in [0.5, 0.6) is 0 Å². The largest absolute Gasteiger partial charge is 0.419 e. The molecule has 1 unspecified atom stereocenters. The lowest BCUT2D eigenvalue weighted by Gasteiger charge is -2.12. The predicted octanol–water partition coefficient (Wildman–Crippen LogP) is 2.37. The number of aryl methyl sites for hydroxylation is 1. The molecule has 0 spiro atoms. The molecule has 18 heavy (non-hydrogen) atoms. The fourth-order valence-electron chi connectivity index (χ4n) is 2.04. The first-order chi connectivity index (χ1) is 8.72. The molecule has 1 aromatic heterocycles. The van der Waals surface area contributed by atoms with Gasteiger partial charge in [0.2, 0.25) is 0 Å². The normalized spacial score (nSPS) is 13.0. The molecule has 0 amide bonds. The lowest BCUT2D eigenvalue weighted by Crippen LogP contribution is -2.29. The van der Waals surface area contributed by atoms with Crippen molar-refractivity contribution >= 4 is 11.1 Å². The van der Waals surface area contributed by atoms with E-state index in [0.717, 1.165) is 24.9 Å². The number of benzene rings is 1. The summed E-state index contributed by atoms with van der Waals surface area (Å²) >= 11 is 0. The van der Waals surface area contributed by atoms with E-state index in [0.29, 0.717) is 18.2 Å². The van der Waals surface area contributed by atoms with E-state index >= 15 is 0 Å². The van der Waals surface area contributed by atoms with Crippen molar-refractivity contribution < 1.29 is 4.42 Å². The molecule has 4 heteroatoms. The minimum absolute atomic E-state index is 0.265. The summed E-state index contributed by atoms with van der Waals surface area (Å²) in [7, 11) is 0.